The predicted octanol–water partition coefficient (Wildman–Crippen LogP) is 0.888. The van der Waals surface area contributed by atoms with Crippen molar-refractivity contribution in [3.63, 3.8) is 0 Å². The summed E-state index contributed by atoms with van der Waals surface area (Å²) < 4.78 is 4.53. The van der Waals surface area contributed by atoms with Crippen LogP contribution in [-0.4, -0.2) is 18.1 Å². The summed E-state index contributed by atoms with van der Waals surface area (Å²) in [6.07, 6.45) is 1.55. The first-order chi connectivity index (χ1) is 6.15. The van der Waals surface area contributed by atoms with Crippen molar-refractivity contribution in [3.8, 4) is 0 Å². The molecular weight excluding hydrogens is 168 g/mol. The number of rotatable bonds is 2. The molecule has 0 aromatic carbocycles. The van der Waals surface area contributed by atoms with Crippen molar-refractivity contribution < 1.29 is 9.53 Å². The zero-order valence-corrected chi connectivity index (χ0v) is 7.65. The molecule has 13 heavy (non-hydrogen) atoms. The van der Waals surface area contributed by atoms with Gasteiger partial charge in [0.1, 0.15) is 5.69 Å². The van der Waals surface area contributed by atoms with Crippen LogP contribution in [0.1, 0.15) is 29.0 Å². The number of nitrogens with zero attached hydrogens (tertiary/aromatic N) is 1. The largest absolute Gasteiger partial charge is 0.464 e. The Kier molecular flexibility index (Phi) is 2.97. The zero-order chi connectivity index (χ0) is 9.84. The van der Waals surface area contributed by atoms with Gasteiger partial charge < -0.3 is 10.5 Å². The van der Waals surface area contributed by atoms with Crippen LogP contribution >= 0.6 is 0 Å². The van der Waals surface area contributed by atoms with Crippen LogP contribution in [0.15, 0.2) is 18.3 Å². The Balaban J connectivity index is 2.98. The molecule has 1 aromatic heterocycles. The molecule has 0 aliphatic rings. The average molecular weight is 180 g/mol. The summed E-state index contributed by atoms with van der Waals surface area (Å²) in [5.41, 5.74) is 6.80. The van der Waals surface area contributed by atoms with Gasteiger partial charge in [0.25, 0.3) is 0 Å². The molecule has 0 saturated heterocycles. The fourth-order valence-electron chi connectivity index (χ4n) is 0.946. The number of methoxy groups -OCH3 is 1. The highest BCUT2D eigenvalue weighted by Crippen LogP contribution is 2.09. The lowest BCUT2D eigenvalue weighted by Crippen LogP contribution is -2.09. The van der Waals surface area contributed by atoms with E-state index in [2.05, 4.69) is 9.72 Å². The molecule has 1 heterocycles. The molecule has 70 valence electrons. The van der Waals surface area contributed by atoms with Crippen LogP contribution in [0.2, 0.25) is 0 Å². The molecule has 0 radical (unpaired) electrons. The van der Waals surface area contributed by atoms with E-state index in [1.54, 1.807) is 18.3 Å². The normalized spacial score (nSPS) is 12.2. The monoisotopic (exact) mass is 180 g/mol. The van der Waals surface area contributed by atoms with E-state index in [0.717, 1.165) is 5.56 Å². The van der Waals surface area contributed by atoms with E-state index in [1.165, 1.54) is 7.11 Å². The minimum atomic E-state index is -0.442. The Morgan fingerprint density at radius 2 is 2.38 bits per heavy atom. The molecule has 4 nitrogen and oxygen atoms in total. The standard InChI is InChI=1S/C9H12N2O2/c1-6(10)7-3-4-11-8(5-7)9(12)13-2/h3-6H,10H2,1-2H3. The highest BCUT2D eigenvalue weighted by atomic mass is 16.5. The quantitative estimate of drug-likeness (QED) is 0.686. The minimum Gasteiger partial charge on any atom is -0.464 e. The number of hydrogen-bond acceptors (Lipinski definition) is 4. The minimum absolute atomic E-state index is 0.105. The maximum absolute atomic E-state index is 11.1. The van der Waals surface area contributed by atoms with Crippen LogP contribution in [0.25, 0.3) is 0 Å². The molecular formula is C9H12N2O2. The van der Waals surface area contributed by atoms with Crippen molar-refractivity contribution in [1.29, 1.82) is 0 Å². The molecule has 0 bridgehead atoms. The van der Waals surface area contributed by atoms with Crippen LogP contribution in [0, 0.1) is 0 Å². The molecule has 1 atom stereocenters. The van der Waals surface area contributed by atoms with Gasteiger partial charge in [0.15, 0.2) is 0 Å². The summed E-state index contributed by atoms with van der Waals surface area (Å²) in [6, 6.07) is 3.31. The lowest BCUT2D eigenvalue weighted by Gasteiger charge is -2.05. The molecule has 0 spiro atoms. The summed E-state index contributed by atoms with van der Waals surface area (Å²) in [5.74, 6) is -0.442. The van der Waals surface area contributed by atoms with Gasteiger partial charge in [-0.15, -0.1) is 0 Å². The van der Waals surface area contributed by atoms with Gasteiger partial charge in [0, 0.05) is 12.2 Å². The van der Waals surface area contributed by atoms with Crippen molar-refractivity contribution in [3.05, 3.63) is 29.6 Å². The summed E-state index contributed by atoms with van der Waals surface area (Å²) >= 11 is 0. The van der Waals surface area contributed by atoms with Crippen LogP contribution in [0.5, 0.6) is 0 Å². The number of hydrogen-bond donors (Lipinski definition) is 1. The van der Waals surface area contributed by atoms with Gasteiger partial charge in [-0.2, -0.15) is 0 Å². The van der Waals surface area contributed by atoms with Gasteiger partial charge in [0.05, 0.1) is 7.11 Å². The molecule has 2 N–H and O–H groups in total. The average Bonchev–Trinajstić information content (AvgIpc) is 2.17. The van der Waals surface area contributed by atoms with E-state index >= 15 is 0 Å². The molecule has 0 aliphatic heterocycles. The van der Waals surface area contributed by atoms with Crippen molar-refractivity contribution >= 4 is 5.97 Å². The lowest BCUT2D eigenvalue weighted by atomic mass is 10.1. The van der Waals surface area contributed by atoms with Gasteiger partial charge in [0.2, 0.25) is 0 Å². The van der Waals surface area contributed by atoms with E-state index in [1.807, 2.05) is 6.92 Å². The second-order valence-electron chi connectivity index (χ2n) is 2.75. The fraction of sp³-hybridized carbons (Fsp3) is 0.333. The number of carbonyl (C=O) groups is 1. The molecule has 1 aromatic rings. The van der Waals surface area contributed by atoms with Gasteiger partial charge in [-0.05, 0) is 24.6 Å². The lowest BCUT2D eigenvalue weighted by molar-refractivity contribution is 0.0594. The van der Waals surface area contributed by atoms with Gasteiger partial charge >= 0.3 is 5.97 Å². The van der Waals surface area contributed by atoms with Gasteiger partial charge in [-0.3, -0.25) is 0 Å². The molecule has 1 rings (SSSR count). The second kappa shape index (κ2) is 4.00. The first kappa shape index (κ1) is 9.67. The van der Waals surface area contributed by atoms with Crippen LogP contribution < -0.4 is 5.73 Å². The van der Waals surface area contributed by atoms with Crippen molar-refractivity contribution in [2.75, 3.05) is 7.11 Å². The van der Waals surface area contributed by atoms with Crippen molar-refractivity contribution in [2.45, 2.75) is 13.0 Å². The predicted molar refractivity (Wildman–Crippen MR) is 48.2 cm³/mol. The van der Waals surface area contributed by atoms with Gasteiger partial charge in [-0.1, -0.05) is 0 Å². The van der Waals surface area contributed by atoms with Crippen LogP contribution in [0.4, 0.5) is 0 Å². The van der Waals surface area contributed by atoms with E-state index < -0.39 is 5.97 Å². The summed E-state index contributed by atoms with van der Waals surface area (Å²) in [7, 11) is 1.32. The zero-order valence-electron chi connectivity index (χ0n) is 7.65. The molecule has 0 fully saturated rings. The van der Waals surface area contributed by atoms with E-state index in [0.29, 0.717) is 0 Å². The summed E-state index contributed by atoms with van der Waals surface area (Å²) in [4.78, 5) is 14.9. The molecule has 0 amide bonds. The smallest absolute Gasteiger partial charge is 0.356 e. The molecule has 1 unspecified atom stereocenters. The Hall–Kier alpha value is -1.42. The summed E-state index contributed by atoms with van der Waals surface area (Å²) in [5, 5.41) is 0. The number of nitrogens with two attached hydrogens (primary N) is 1. The van der Waals surface area contributed by atoms with Crippen LogP contribution in [0.3, 0.4) is 0 Å². The Labute approximate surface area is 76.7 Å². The van der Waals surface area contributed by atoms with Crippen molar-refractivity contribution in [2.24, 2.45) is 5.73 Å². The topological polar surface area (TPSA) is 65.2 Å². The number of ether oxygens (including phenoxy) is 1. The third-order valence-corrected chi connectivity index (χ3v) is 1.70. The Morgan fingerprint density at radius 3 is 2.92 bits per heavy atom. The first-order valence-electron chi connectivity index (χ1n) is 3.95. The second-order valence-corrected chi connectivity index (χ2v) is 2.75. The number of carbonyl (C=O) groups excluding carboxylic acids is 1. The van der Waals surface area contributed by atoms with Gasteiger partial charge in [-0.25, -0.2) is 9.78 Å². The number of esters is 1. The third-order valence-electron chi connectivity index (χ3n) is 1.70. The highest BCUT2D eigenvalue weighted by Gasteiger charge is 2.08. The SMILES string of the molecule is COC(=O)c1cc(C(C)N)ccn1. The molecule has 0 aliphatic carbocycles. The summed E-state index contributed by atoms with van der Waals surface area (Å²) in [6.45, 7) is 1.84. The third kappa shape index (κ3) is 2.26. The highest BCUT2D eigenvalue weighted by molar-refractivity contribution is 5.87. The molecule has 4 heteroatoms. The van der Waals surface area contributed by atoms with Crippen molar-refractivity contribution in [1.82, 2.24) is 4.98 Å². The Bertz CT molecular complexity index is 310. The van der Waals surface area contributed by atoms with E-state index in [-0.39, 0.29) is 11.7 Å². The number of pyridine rings is 1. The van der Waals surface area contributed by atoms with E-state index in [9.17, 15) is 4.79 Å². The maximum atomic E-state index is 11.1. The Morgan fingerprint density at radius 1 is 1.69 bits per heavy atom. The van der Waals surface area contributed by atoms with Crippen LogP contribution in [-0.2, 0) is 4.74 Å². The first-order valence-corrected chi connectivity index (χ1v) is 3.95. The number of aromatic nitrogens is 1. The maximum Gasteiger partial charge on any atom is 0.356 e. The van der Waals surface area contributed by atoms with E-state index in [4.69, 9.17) is 5.73 Å². The molecule has 0 saturated carbocycles. The fourth-order valence-corrected chi connectivity index (χ4v) is 0.946.